The molecule has 0 aromatic heterocycles. The van der Waals surface area contributed by atoms with Crippen molar-refractivity contribution in [2.75, 3.05) is 0 Å². The van der Waals surface area contributed by atoms with Gasteiger partial charge in [0.2, 0.25) is 0 Å². The van der Waals surface area contributed by atoms with Crippen molar-refractivity contribution in [1.29, 1.82) is 0 Å². The van der Waals surface area contributed by atoms with Crippen LogP contribution >= 0.6 is 0 Å². The molecule has 3 fully saturated rings. The van der Waals surface area contributed by atoms with Gasteiger partial charge in [0, 0.05) is 25.7 Å². The summed E-state index contributed by atoms with van der Waals surface area (Å²) in [4.78, 5) is 22.6. The van der Waals surface area contributed by atoms with E-state index in [0.717, 1.165) is 43.9 Å². The first kappa shape index (κ1) is 19.8. The highest BCUT2D eigenvalue weighted by Crippen LogP contribution is 2.37. The summed E-state index contributed by atoms with van der Waals surface area (Å²) >= 11 is 0. The molecule has 0 spiro atoms. The van der Waals surface area contributed by atoms with Gasteiger partial charge in [-0.1, -0.05) is 43.8 Å². The summed E-state index contributed by atoms with van der Waals surface area (Å²) in [5, 5.41) is 0. The van der Waals surface area contributed by atoms with Gasteiger partial charge in [-0.15, -0.1) is 0 Å². The van der Waals surface area contributed by atoms with Crippen LogP contribution in [0.2, 0.25) is 0 Å². The summed E-state index contributed by atoms with van der Waals surface area (Å²) in [6, 6.07) is 0. The van der Waals surface area contributed by atoms with Crippen molar-refractivity contribution in [2.24, 2.45) is 17.8 Å². The number of rotatable bonds is 2. The Labute approximate surface area is 160 Å². The number of Topliss-reactive ketones (excluding diaryl/α,β-unsaturated/α-hetero) is 2. The Kier molecular flexibility index (Phi) is 7.95. The number of hydrogen-bond donors (Lipinski definition) is 0. The Morgan fingerprint density at radius 3 is 1.96 bits per heavy atom. The van der Waals surface area contributed by atoms with E-state index < -0.39 is 0 Å². The van der Waals surface area contributed by atoms with Gasteiger partial charge in [-0.05, 0) is 69.1 Å². The van der Waals surface area contributed by atoms with Crippen LogP contribution in [0.1, 0.15) is 109 Å². The second-order valence-electron chi connectivity index (χ2n) is 9.15. The molecule has 4 aliphatic carbocycles. The molecule has 0 aromatic rings. The van der Waals surface area contributed by atoms with Crippen LogP contribution in [-0.4, -0.2) is 11.6 Å². The lowest BCUT2D eigenvalue weighted by molar-refractivity contribution is -0.122. The molecule has 3 saturated carbocycles. The van der Waals surface area contributed by atoms with Gasteiger partial charge in [-0.25, -0.2) is 0 Å². The fraction of sp³-hybridized carbons (Fsp3) is 0.833. The standard InChI is InChI=1S/C12H20O.C12H18O/c2*13-12-8-4-7-11(9-12)10-5-2-1-3-6-10/h10-11H,1-9H2;5,11H,1-4,6-9H2. The van der Waals surface area contributed by atoms with Crippen molar-refractivity contribution in [3.63, 3.8) is 0 Å². The molecule has 4 rings (SSSR count). The van der Waals surface area contributed by atoms with E-state index in [0.29, 0.717) is 17.5 Å². The third-order valence-corrected chi connectivity index (χ3v) is 7.17. The van der Waals surface area contributed by atoms with Gasteiger partial charge >= 0.3 is 0 Å². The quantitative estimate of drug-likeness (QED) is 0.523. The first-order chi connectivity index (χ1) is 12.7. The van der Waals surface area contributed by atoms with Gasteiger partial charge in [-0.2, -0.15) is 0 Å². The number of ketones is 2. The highest BCUT2D eigenvalue weighted by atomic mass is 16.1. The van der Waals surface area contributed by atoms with Crippen LogP contribution in [0.25, 0.3) is 0 Å². The summed E-state index contributed by atoms with van der Waals surface area (Å²) in [5.41, 5.74) is 1.60. The average molecular weight is 359 g/mol. The van der Waals surface area contributed by atoms with Gasteiger partial charge in [0.05, 0.1) is 0 Å². The molecule has 2 heteroatoms. The molecule has 2 nitrogen and oxygen atoms in total. The van der Waals surface area contributed by atoms with E-state index >= 15 is 0 Å². The lowest BCUT2D eigenvalue weighted by atomic mass is 9.73. The van der Waals surface area contributed by atoms with E-state index in [1.807, 2.05) is 0 Å². The van der Waals surface area contributed by atoms with Crippen molar-refractivity contribution in [2.45, 2.75) is 109 Å². The largest absolute Gasteiger partial charge is 0.300 e. The van der Waals surface area contributed by atoms with Crippen molar-refractivity contribution in [3.8, 4) is 0 Å². The fourth-order valence-electron chi connectivity index (χ4n) is 5.64. The minimum atomic E-state index is 0.489. The molecule has 0 heterocycles. The van der Waals surface area contributed by atoms with Crippen molar-refractivity contribution in [3.05, 3.63) is 11.6 Å². The zero-order valence-corrected chi connectivity index (χ0v) is 16.6. The number of carbonyl (C=O) groups is 2. The average Bonchev–Trinajstić information content (AvgIpc) is 2.70. The SMILES string of the molecule is O=C1CCCC(C2=CCCCC2)C1.O=C1CCCC(C2CCCCC2)C1. The van der Waals surface area contributed by atoms with Gasteiger partial charge in [0.1, 0.15) is 11.6 Å². The Balaban J connectivity index is 0.000000151. The molecule has 0 amide bonds. The minimum Gasteiger partial charge on any atom is -0.300 e. The molecule has 0 radical (unpaired) electrons. The third-order valence-electron chi connectivity index (χ3n) is 7.17. The van der Waals surface area contributed by atoms with Gasteiger partial charge in [0.25, 0.3) is 0 Å². The van der Waals surface area contributed by atoms with E-state index in [4.69, 9.17) is 0 Å². The predicted molar refractivity (Wildman–Crippen MR) is 107 cm³/mol. The summed E-state index contributed by atoms with van der Waals surface area (Å²) in [6.45, 7) is 0. The van der Waals surface area contributed by atoms with Crippen molar-refractivity contribution in [1.82, 2.24) is 0 Å². The molecule has 2 unspecified atom stereocenters. The molecule has 0 aromatic carbocycles. The Hall–Kier alpha value is -0.920. The summed E-state index contributed by atoms with van der Waals surface area (Å²) in [5.74, 6) is 3.31. The van der Waals surface area contributed by atoms with E-state index in [1.54, 1.807) is 5.57 Å². The second kappa shape index (κ2) is 10.4. The Morgan fingerprint density at radius 1 is 0.615 bits per heavy atom. The smallest absolute Gasteiger partial charge is 0.133 e. The zero-order chi connectivity index (χ0) is 18.2. The molecule has 0 saturated heterocycles. The Morgan fingerprint density at radius 2 is 1.31 bits per heavy atom. The van der Waals surface area contributed by atoms with Crippen LogP contribution < -0.4 is 0 Å². The van der Waals surface area contributed by atoms with Crippen LogP contribution in [0.3, 0.4) is 0 Å². The topological polar surface area (TPSA) is 34.1 Å². The number of hydrogen-bond acceptors (Lipinski definition) is 2. The van der Waals surface area contributed by atoms with E-state index in [1.165, 1.54) is 77.0 Å². The van der Waals surface area contributed by atoms with E-state index in [2.05, 4.69) is 6.08 Å². The van der Waals surface area contributed by atoms with E-state index in [-0.39, 0.29) is 0 Å². The first-order valence-corrected chi connectivity index (χ1v) is 11.4. The van der Waals surface area contributed by atoms with Gasteiger partial charge in [-0.3, -0.25) is 9.59 Å². The van der Waals surface area contributed by atoms with Gasteiger partial charge in [0.15, 0.2) is 0 Å². The second-order valence-corrected chi connectivity index (χ2v) is 9.15. The summed E-state index contributed by atoms with van der Waals surface area (Å²) < 4.78 is 0. The first-order valence-electron chi connectivity index (χ1n) is 11.4. The maximum atomic E-state index is 11.3. The normalized spacial score (nSPS) is 31.0. The highest BCUT2D eigenvalue weighted by Gasteiger charge is 2.28. The maximum Gasteiger partial charge on any atom is 0.133 e. The Bertz CT molecular complexity index is 498. The molecule has 146 valence electrons. The summed E-state index contributed by atoms with van der Waals surface area (Å²) in [7, 11) is 0. The third kappa shape index (κ3) is 6.06. The molecule has 0 N–H and O–H groups in total. The van der Waals surface area contributed by atoms with Gasteiger partial charge < -0.3 is 0 Å². The zero-order valence-electron chi connectivity index (χ0n) is 16.6. The maximum absolute atomic E-state index is 11.3. The van der Waals surface area contributed by atoms with Crippen LogP contribution in [0.15, 0.2) is 11.6 Å². The van der Waals surface area contributed by atoms with Crippen LogP contribution in [0, 0.1) is 17.8 Å². The van der Waals surface area contributed by atoms with Crippen LogP contribution in [-0.2, 0) is 9.59 Å². The minimum absolute atomic E-state index is 0.489. The molecular formula is C24H38O2. The lowest BCUT2D eigenvalue weighted by Gasteiger charge is -2.32. The highest BCUT2D eigenvalue weighted by molar-refractivity contribution is 5.80. The lowest BCUT2D eigenvalue weighted by Crippen LogP contribution is -2.24. The molecule has 0 bridgehead atoms. The van der Waals surface area contributed by atoms with Crippen LogP contribution in [0.4, 0.5) is 0 Å². The van der Waals surface area contributed by atoms with Crippen molar-refractivity contribution < 1.29 is 9.59 Å². The summed E-state index contributed by atoms with van der Waals surface area (Å²) in [6.07, 6.45) is 23.0. The predicted octanol–water partition coefficient (Wildman–Crippen LogP) is 6.57. The monoisotopic (exact) mass is 358 g/mol. The molecular weight excluding hydrogens is 320 g/mol. The fourth-order valence-corrected chi connectivity index (χ4v) is 5.64. The van der Waals surface area contributed by atoms with E-state index in [9.17, 15) is 9.59 Å². The number of carbonyl (C=O) groups excluding carboxylic acids is 2. The molecule has 0 aliphatic heterocycles. The number of allylic oxidation sites excluding steroid dienone is 2. The van der Waals surface area contributed by atoms with Crippen molar-refractivity contribution >= 4 is 11.6 Å². The molecule has 4 aliphatic rings. The van der Waals surface area contributed by atoms with Crippen LogP contribution in [0.5, 0.6) is 0 Å². The molecule has 2 atom stereocenters. The molecule has 26 heavy (non-hydrogen) atoms.